The first-order valence-corrected chi connectivity index (χ1v) is 8.70. The Morgan fingerprint density at radius 3 is 2.38 bits per heavy atom. The first-order chi connectivity index (χ1) is 12.5. The number of hydrogen-bond donors (Lipinski definition) is 3. The van der Waals surface area contributed by atoms with Gasteiger partial charge in [0.25, 0.3) is 0 Å². The topological polar surface area (TPSA) is 93.5 Å². The van der Waals surface area contributed by atoms with Crippen LogP contribution in [0.2, 0.25) is 10.0 Å². The van der Waals surface area contributed by atoms with Crippen molar-refractivity contribution in [1.82, 2.24) is 5.32 Å². The second-order valence-electron chi connectivity index (χ2n) is 5.49. The number of carbonyl (C=O) groups excluding carboxylic acids is 2. The maximum atomic E-state index is 11.9. The van der Waals surface area contributed by atoms with Crippen LogP contribution in [0.3, 0.4) is 0 Å². The van der Waals surface area contributed by atoms with E-state index in [1.165, 1.54) is 12.1 Å². The van der Waals surface area contributed by atoms with E-state index < -0.39 is 6.09 Å². The van der Waals surface area contributed by atoms with Crippen molar-refractivity contribution in [1.29, 1.82) is 0 Å². The minimum atomic E-state index is -0.522. The van der Waals surface area contributed by atoms with Gasteiger partial charge < -0.3 is 21.1 Å². The number of alkyl carbamates (subject to hydrolysis) is 1. The fraction of sp³-hybridized carbons (Fsp3) is 0.222. The lowest BCUT2D eigenvalue weighted by atomic mass is 10.2. The van der Waals surface area contributed by atoms with E-state index in [0.717, 1.165) is 5.56 Å². The van der Waals surface area contributed by atoms with E-state index in [1.54, 1.807) is 0 Å². The van der Waals surface area contributed by atoms with Crippen molar-refractivity contribution in [2.45, 2.75) is 19.4 Å². The number of benzene rings is 2. The zero-order valence-corrected chi connectivity index (χ0v) is 15.4. The molecule has 0 atom stereocenters. The van der Waals surface area contributed by atoms with E-state index in [-0.39, 0.29) is 34.7 Å². The third-order valence-electron chi connectivity index (χ3n) is 3.43. The molecule has 0 aliphatic carbocycles. The normalized spacial score (nSPS) is 10.2. The first-order valence-electron chi connectivity index (χ1n) is 7.94. The molecule has 2 amide bonds. The molecule has 0 radical (unpaired) electrons. The number of nitrogen functional groups attached to an aromatic ring is 1. The van der Waals surface area contributed by atoms with E-state index in [1.807, 2.05) is 30.3 Å². The smallest absolute Gasteiger partial charge is 0.407 e. The molecular formula is C18H19Cl2N3O3. The number of carbonyl (C=O) groups is 2. The molecule has 0 saturated carbocycles. The average molecular weight is 396 g/mol. The summed E-state index contributed by atoms with van der Waals surface area (Å²) in [4.78, 5) is 23.5. The van der Waals surface area contributed by atoms with Gasteiger partial charge in [0, 0.05) is 18.7 Å². The molecule has 6 nitrogen and oxygen atoms in total. The lowest BCUT2D eigenvalue weighted by Crippen LogP contribution is -2.26. The highest BCUT2D eigenvalue weighted by Crippen LogP contribution is 2.31. The van der Waals surface area contributed by atoms with Gasteiger partial charge in [0.05, 0.1) is 15.7 Å². The Hall–Kier alpha value is -2.44. The maximum Gasteiger partial charge on any atom is 0.407 e. The highest BCUT2D eigenvalue weighted by atomic mass is 35.5. The van der Waals surface area contributed by atoms with Crippen molar-refractivity contribution >= 4 is 46.6 Å². The number of anilines is 2. The number of rotatable bonds is 7. The van der Waals surface area contributed by atoms with Crippen molar-refractivity contribution in [2.24, 2.45) is 0 Å². The third-order valence-corrected chi connectivity index (χ3v) is 4.05. The summed E-state index contributed by atoms with van der Waals surface area (Å²) in [6, 6.07) is 12.4. The minimum Gasteiger partial charge on any atom is -0.445 e. The van der Waals surface area contributed by atoms with E-state index in [9.17, 15) is 9.59 Å². The number of hydrogen-bond acceptors (Lipinski definition) is 4. The zero-order chi connectivity index (χ0) is 18.9. The van der Waals surface area contributed by atoms with Crippen molar-refractivity contribution in [2.75, 3.05) is 17.6 Å². The molecule has 0 bridgehead atoms. The molecule has 8 heteroatoms. The van der Waals surface area contributed by atoms with Crippen LogP contribution in [0, 0.1) is 0 Å². The predicted molar refractivity (Wildman–Crippen MR) is 103 cm³/mol. The van der Waals surface area contributed by atoms with Gasteiger partial charge in [-0.25, -0.2) is 4.79 Å². The second kappa shape index (κ2) is 9.89. The molecule has 0 aromatic heterocycles. The number of nitrogens with two attached hydrogens (primary N) is 1. The van der Waals surface area contributed by atoms with Crippen molar-refractivity contribution in [3.05, 3.63) is 58.1 Å². The Kier molecular flexibility index (Phi) is 7.56. The van der Waals surface area contributed by atoms with Gasteiger partial charge in [-0.2, -0.15) is 0 Å². The van der Waals surface area contributed by atoms with Crippen molar-refractivity contribution < 1.29 is 14.3 Å². The molecule has 0 spiro atoms. The summed E-state index contributed by atoms with van der Waals surface area (Å²) in [7, 11) is 0. The van der Waals surface area contributed by atoms with Gasteiger partial charge in [-0.1, -0.05) is 53.5 Å². The van der Waals surface area contributed by atoms with Gasteiger partial charge in [-0.3, -0.25) is 4.79 Å². The van der Waals surface area contributed by atoms with Gasteiger partial charge in [-0.05, 0) is 24.1 Å². The van der Waals surface area contributed by atoms with Crippen LogP contribution < -0.4 is 16.4 Å². The lowest BCUT2D eigenvalue weighted by molar-refractivity contribution is -0.116. The van der Waals surface area contributed by atoms with Crippen LogP contribution in [0.15, 0.2) is 42.5 Å². The van der Waals surface area contributed by atoms with Gasteiger partial charge >= 0.3 is 6.09 Å². The molecule has 0 aliphatic heterocycles. The van der Waals surface area contributed by atoms with Crippen molar-refractivity contribution in [3.63, 3.8) is 0 Å². The second-order valence-corrected chi connectivity index (χ2v) is 6.31. The SMILES string of the molecule is Nc1c(Cl)cc(NC(=O)CCCNC(=O)OCc2ccccc2)cc1Cl. The van der Waals surface area contributed by atoms with Gasteiger partial charge in [0.1, 0.15) is 6.61 Å². The molecule has 0 saturated heterocycles. The molecule has 4 N–H and O–H groups in total. The number of ether oxygens (including phenoxy) is 1. The predicted octanol–water partition coefficient (Wildman–Crippen LogP) is 4.22. The van der Waals surface area contributed by atoms with Gasteiger partial charge in [-0.15, -0.1) is 0 Å². The number of nitrogens with one attached hydrogen (secondary N) is 2. The Bertz CT molecular complexity index is 747. The summed E-state index contributed by atoms with van der Waals surface area (Å²) in [5, 5.41) is 5.82. The first kappa shape index (κ1) is 19.9. The third kappa shape index (κ3) is 6.46. The van der Waals surface area contributed by atoms with Crippen LogP contribution in [0.4, 0.5) is 16.2 Å². The molecule has 138 valence electrons. The Morgan fingerprint density at radius 1 is 1.08 bits per heavy atom. The van der Waals surface area contributed by atoms with E-state index >= 15 is 0 Å². The highest BCUT2D eigenvalue weighted by Gasteiger charge is 2.08. The van der Waals surface area contributed by atoms with Crippen LogP contribution in [-0.4, -0.2) is 18.5 Å². The standard InChI is InChI=1S/C18H19Cl2N3O3/c19-14-9-13(10-15(20)17(14)21)23-16(24)7-4-8-22-18(25)26-11-12-5-2-1-3-6-12/h1-3,5-6,9-10H,4,7-8,11,21H2,(H,22,25)(H,23,24). The summed E-state index contributed by atoms with van der Waals surface area (Å²) in [6.45, 7) is 0.524. The Morgan fingerprint density at radius 2 is 1.73 bits per heavy atom. The highest BCUT2D eigenvalue weighted by molar-refractivity contribution is 6.39. The molecule has 2 aromatic carbocycles. The molecule has 0 unspecified atom stereocenters. The summed E-state index contributed by atoms with van der Waals surface area (Å²) in [6.07, 6.45) is 0.160. The van der Waals surface area contributed by atoms with Crippen LogP contribution in [0.25, 0.3) is 0 Å². The van der Waals surface area contributed by atoms with Crippen molar-refractivity contribution in [3.8, 4) is 0 Å². The van der Waals surface area contributed by atoms with Crippen LogP contribution in [0.1, 0.15) is 18.4 Å². The quantitative estimate of drug-likeness (QED) is 0.483. The number of halogens is 2. The summed E-state index contributed by atoms with van der Waals surface area (Å²) < 4.78 is 5.08. The molecule has 0 fully saturated rings. The molecule has 26 heavy (non-hydrogen) atoms. The average Bonchev–Trinajstić information content (AvgIpc) is 2.62. The summed E-state index contributed by atoms with van der Waals surface area (Å²) in [5.41, 5.74) is 7.28. The molecular weight excluding hydrogens is 377 g/mol. The minimum absolute atomic E-state index is 0.200. The number of amides is 2. The van der Waals surface area contributed by atoms with Gasteiger partial charge in [0.2, 0.25) is 5.91 Å². The molecule has 0 aliphatic rings. The van der Waals surface area contributed by atoms with Crippen LogP contribution in [-0.2, 0) is 16.1 Å². The Labute approximate surface area is 161 Å². The van der Waals surface area contributed by atoms with Gasteiger partial charge in [0.15, 0.2) is 0 Å². The fourth-order valence-corrected chi connectivity index (χ4v) is 2.58. The monoisotopic (exact) mass is 395 g/mol. The van der Waals surface area contributed by atoms with Crippen LogP contribution >= 0.6 is 23.2 Å². The maximum absolute atomic E-state index is 11.9. The largest absolute Gasteiger partial charge is 0.445 e. The van der Waals surface area contributed by atoms with E-state index in [2.05, 4.69) is 10.6 Å². The summed E-state index contributed by atoms with van der Waals surface area (Å²) >= 11 is 11.8. The fourth-order valence-electron chi connectivity index (χ4n) is 2.09. The summed E-state index contributed by atoms with van der Waals surface area (Å²) in [5.74, 6) is -0.221. The van der Waals surface area contributed by atoms with E-state index in [4.69, 9.17) is 33.7 Å². The molecule has 0 heterocycles. The van der Waals surface area contributed by atoms with E-state index in [0.29, 0.717) is 18.7 Å². The Balaban J connectivity index is 1.64. The zero-order valence-electron chi connectivity index (χ0n) is 13.9. The molecule has 2 rings (SSSR count). The lowest BCUT2D eigenvalue weighted by Gasteiger charge is -2.09. The van der Waals surface area contributed by atoms with Crippen LogP contribution in [0.5, 0.6) is 0 Å². The molecule has 2 aromatic rings.